The average Bonchev–Trinajstić information content (AvgIpc) is 2.70. The second-order valence-electron chi connectivity index (χ2n) is 4.82. The number of nitrogens with zero attached hydrogens (tertiary/aromatic N) is 1. The lowest BCUT2D eigenvalue weighted by Gasteiger charge is -2.06. The van der Waals surface area contributed by atoms with E-state index in [2.05, 4.69) is 15.5 Å². The van der Waals surface area contributed by atoms with Gasteiger partial charge in [0, 0.05) is 12.2 Å². The second-order valence-corrected chi connectivity index (χ2v) is 4.82. The highest BCUT2D eigenvalue weighted by molar-refractivity contribution is 5.78. The number of hydrogen-bond acceptors (Lipinski definition) is 2. The number of H-pyrrole nitrogens is 1. The molecule has 1 aromatic heterocycles. The molecule has 0 saturated carbocycles. The summed E-state index contributed by atoms with van der Waals surface area (Å²) < 4.78 is 13.0. The molecule has 2 rings (SSSR count). The fourth-order valence-electron chi connectivity index (χ4n) is 2.16. The molecule has 5 heteroatoms. The minimum absolute atomic E-state index is 0.102. The van der Waals surface area contributed by atoms with E-state index in [-0.39, 0.29) is 18.1 Å². The van der Waals surface area contributed by atoms with E-state index in [1.165, 1.54) is 12.1 Å². The fraction of sp³-hybridized carbons (Fsp3) is 0.333. The summed E-state index contributed by atoms with van der Waals surface area (Å²) in [6, 6.07) is 6.10. The molecule has 1 aromatic carbocycles. The number of nitrogens with one attached hydrogen (secondary N) is 2. The van der Waals surface area contributed by atoms with Gasteiger partial charge in [-0.2, -0.15) is 5.10 Å². The lowest BCUT2D eigenvalue weighted by Crippen LogP contribution is -2.27. The van der Waals surface area contributed by atoms with Gasteiger partial charge in [0.15, 0.2) is 0 Å². The number of carbonyl (C=O) groups excluding carboxylic acids is 1. The van der Waals surface area contributed by atoms with Crippen LogP contribution in [-0.4, -0.2) is 22.6 Å². The zero-order valence-corrected chi connectivity index (χ0v) is 11.7. The smallest absolute Gasteiger partial charge is 0.224 e. The van der Waals surface area contributed by atoms with Crippen LogP contribution in [0.25, 0.3) is 0 Å². The van der Waals surface area contributed by atoms with Gasteiger partial charge < -0.3 is 5.32 Å². The summed E-state index contributed by atoms with van der Waals surface area (Å²) in [5.41, 5.74) is 3.80. The Bertz CT molecular complexity index is 587. The number of benzene rings is 1. The van der Waals surface area contributed by atoms with Crippen LogP contribution in [0, 0.1) is 19.7 Å². The standard InChI is InChI=1S/C15H18FN3O/c1-10-14(11(2)19-18-10)6-7-17-15(20)9-12-4-3-5-13(16)8-12/h3-5,8H,6-7,9H2,1-2H3,(H,17,20)(H,18,19). The molecule has 20 heavy (non-hydrogen) atoms. The summed E-state index contributed by atoms with van der Waals surface area (Å²) in [6.45, 7) is 4.45. The monoisotopic (exact) mass is 275 g/mol. The molecule has 1 amide bonds. The van der Waals surface area contributed by atoms with Crippen molar-refractivity contribution in [1.82, 2.24) is 15.5 Å². The molecule has 0 aliphatic carbocycles. The third-order valence-corrected chi connectivity index (χ3v) is 3.23. The van der Waals surface area contributed by atoms with Gasteiger partial charge in [-0.25, -0.2) is 4.39 Å². The lowest BCUT2D eigenvalue weighted by molar-refractivity contribution is -0.120. The molecule has 2 N–H and O–H groups in total. The van der Waals surface area contributed by atoms with E-state index in [0.29, 0.717) is 12.1 Å². The van der Waals surface area contributed by atoms with E-state index in [4.69, 9.17) is 0 Å². The van der Waals surface area contributed by atoms with E-state index < -0.39 is 0 Å². The fourth-order valence-corrected chi connectivity index (χ4v) is 2.16. The maximum atomic E-state index is 13.0. The van der Waals surface area contributed by atoms with E-state index in [1.807, 2.05) is 13.8 Å². The number of halogens is 1. The Morgan fingerprint density at radius 3 is 2.85 bits per heavy atom. The SMILES string of the molecule is Cc1n[nH]c(C)c1CCNC(=O)Cc1cccc(F)c1. The predicted molar refractivity (Wildman–Crippen MR) is 74.9 cm³/mol. The van der Waals surface area contributed by atoms with Crippen molar-refractivity contribution in [3.8, 4) is 0 Å². The Hall–Kier alpha value is -2.17. The number of carbonyl (C=O) groups is 1. The highest BCUT2D eigenvalue weighted by Gasteiger charge is 2.07. The zero-order valence-electron chi connectivity index (χ0n) is 11.7. The second kappa shape index (κ2) is 6.32. The maximum Gasteiger partial charge on any atom is 0.224 e. The molecule has 0 unspecified atom stereocenters. The van der Waals surface area contributed by atoms with Crippen molar-refractivity contribution >= 4 is 5.91 Å². The summed E-state index contributed by atoms with van der Waals surface area (Å²) in [5, 5.41) is 9.87. The van der Waals surface area contributed by atoms with Crippen molar-refractivity contribution in [3.05, 3.63) is 52.6 Å². The highest BCUT2D eigenvalue weighted by atomic mass is 19.1. The normalized spacial score (nSPS) is 10.6. The largest absolute Gasteiger partial charge is 0.355 e. The Kier molecular flexibility index (Phi) is 4.50. The summed E-state index contributed by atoms with van der Waals surface area (Å²) in [4.78, 5) is 11.8. The summed E-state index contributed by atoms with van der Waals surface area (Å²) >= 11 is 0. The topological polar surface area (TPSA) is 57.8 Å². The van der Waals surface area contributed by atoms with Crippen molar-refractivity contribution in [3.63, 3.8) is 0 Å². The van der Waals surface area contributed by atoms with Gasteiger partial charge >= 0.3 is 0 Å². The van der Waals surface area contributed by atoms with E-state index in [9.17, 15) is 9.18 Å². The Labute approximate surface area is 117 Å². The zero-order chi connectivity index (χ0) is 14.5. The third kappa shape index (κ3) is 3.66. The van der Waals surface area contributed by atoms with Crippen molar-refractivity contribution in [1.29, 1.82) is 0 Å². The number of hydrogen-bond donors (Lipinski definition) is 2. The summed E-state index contributed by atoms with van der Waals surface area (Å²) in [7, 11) is 0. The lowest BCUT2D eigenvalue weighted by atomic mass is 10.1. The van der Waals surface area contributed by atoms with Crippen LogP contribution in [0.4, 0.5) is 4.39 Å². The van der Waals surface area contributed by atoms with E-state index >= 15 is 0 Å². The van der Waals surface area contributed by atoms with Crippen LogP contribution in [0.5, 0.6) is 0 Å². The van der Waals surface area contributed by atoms with Crippen molar-refractivity contribution in [2.24, 2.45) is 0 Å². The average molecular weight is 275 g/mol. The highest BCUT2D eigenvalue weighted by Crippen LogP contribution is 2.09. The Morgan fingerprint density at radius 1 is 1.40 bits per heavy atom. The van der Waals surface area contributed by atoms with Crippen LogP contribution >= 0.6 is 0 Å². The first-order valence-corrected chi connectivity index (χ1v) is 6.58. The maximum absolute atomic E-state index is 13.0. The molecule has 0 radical (unpaired) electrons. The van der Waals surface area contributed by atoms with Crippen LogP contribution in [0.3, 0.4) is 0 Å². The van der Waals surface area contributed by atoms with Gasteiger partial charge in [0.05, 0.1) is 12.1 Å². The van der Waals surface area contributed by atoms with Gasteiger partial charge in [0.2, 0.25) is 5.91 Å². The van der Waals surface area contributed by atoms with Gasteiger partial charge in [-0.15, -0.1) is 0 Å². The first kappa shape index (κ1) is 14.2. The summed E-state index contributed by atoms with van der Waals surface area (Å²) in [6.07, 6.45) is 0.935. The first-order valence-electron chi connectivity index (χ1n) is 6.58. The Balaban J connectivity index is 1.81. The van der Waals surface area contributed by atoms with Crippen LogP contribution in [0.1, 0.15) is 22.5 Å². The number of aromatic nitrogens is 2. The molecule has 0 aliphatic rings. The summed E-state index contributed by atoms with van der Waals surface area (Å²) in [5.74, 6) is -0.422. The van der Waals surface area contributed by atoms with Gasteiger partial charge in [-0.05, 0) is 43.5 Å². The van der Waals surface area contributed by atoms with Crippen molar-refractivity contribution in [2.75, 3.05) is 6.54 Å². The van der Waals surface area contributed by atoms with Crippen LogP contribution in [0.2, 0.25) is 0 Å². The van der Waals surface area contributed by atoms with Gasteiger partial charge in [0.25, 0.3) is 0 Å². The van der Waals surface area contributed by atoms with Gasteiger partial charge in [-0.3, -0.25) is 9.89 Å². The van der Waals surface area contributed by atoms with Crippen LogP contribution in [-0.2, 0) is 17.6 Å². The number of aryl methyl sites for hydroxylation is 2. The molecule has 0 bridgehead atoms. The Morgan fingerprint density at radius 2 is 2.20 bits per heavy atom. The number of amides is 1. The molecule has 106 valence electrons. The predicted octanol–water partition coefficient (Wildman–Crippen LogP) is 2.07. The van der Waals surface area contributed by atoms with Crippen LogP contribution in [0.15, 0.2) is 24.3 Å². The van der Waals surface area contributed by atoms with Gasteiger partial charge in [0.1, 0.15) is 5.82 Å². The minimum Gasteiger partial charge on any atom is -0.355 e. The molecule has 0 aliphatic heterocycles. The molecule has 0 saturated heterocycles. The molecule has 1 heterocycles. The molecular weight excluding hydrogens is 257 g/mol. The van der Waals surface area contributed by atoms with Gasteiger partial charge in [-0.1, -0.05) is 12.1 Å². The first-order chi connectivity index (χ1) is 9.56. The van der Waals surface area contributed by atoms with Crippen molar-refractivity contribution < 1.29 is 9.18 Å². The van der Waals surface area contributed by atoms with E-state index in [1.54, 1.807) is 12.1 Å². The van der Waals surface area contributed by atoms with Crippen molar-refractivity contribution in [2.45, 2.75) is 26.7 Å². The van der Waals surface area contributed by atoms with E-state index in [0.717, 1.165) is 23.4 Å². The third-order valence-electron chi connectivity index (χ3n) is 3.23. The quantitative estimate of drug-likeness (QED) is 0.877. The number of rotatable bonds is 5. The molecule has 0 atom stereocenters. The molecule has 2 aromatic rings. The molecule has 4 nitrogen and oxygen atoms in total. The minimum atomic E-state index is -0.319. The molecule has 0 spiro atoms. The number of aromatic amines is 1. The van der Waals surface area contributed by atoms with Crippen LogP contribution < -0.4 is 5.32 Å². The molecular formula is C15H18FN3O. The molecule has 0 fully saturated rings.